The summed E-state index contributed by atoms with van der Waals surface area (Å²) in [5.41, 5.74) is 0.689. The van der Waals surface area contributed by atoms with Gasteiger partial charge in [-0.1, -0.05) is 17.7 Å². The summed E-state index contributed by atoms with van der Waals surface area (Å²) in [6.45, 7) is 1.96. The zero-order valence-electron chi connectivity index (χ0n) is 14.5. The monoisotopic (exact) mass is 394 g/mol. The van der Waals surface area contributed by atoms with Crippen molar-refractivity contribution in [1.29, 1.82) is 0 Å². The molecule has 2 unspecified atom stereocenters. The van der Waals surface area contributed by atoms with E-state index in [1.165, 1.54) is 24.5 Å². The fourth-order valence-electron chi connectivity index (χ4n) is 2.81. The molecule has 0 aliphatic carbocycles. The summed E-state index contributed by atoms with van der Waals surface area (Å²) in [5.74, 6) is -0.869. The van der Waals surface area contributed by atoms with Crippen LogP contribution in [0.5, 0.6) is 6.01 Å². The minimum Gasteiger partial charge on any atom is -0.453 e. The van der Waals surface area contributed by atoms with Crippen LogP contribution >= 0.6 is 11.6 Å². The van der Waals surface area contributed by atoms with Crippen LogP contribution in [0.4, 0.5) is 4.39 Å². The van der Waals surface area contributed by atoms with Gasteiger partial charge in [-0.05, 0) is 23.8 Å². The molecule has 1 amide bonds. The average molecular weight is 395 g/mol. The van der Waals surface area contributed by atoms with Crippen molar-refractivity contribution in [3.05, 3.63) is 53.1 Å². The second-order valence-electron chi connectivity index (χ2n) is 6.05. The molecule has 1 aromatic carbocycles. The molecule has 0 saturated carbocycles. The largest absolute Gasteiger partial charge is 0.453 e. The Bertz CT molecular complexity index is 766. The van der Waals surface area contributed by atoms with Gasteiger partial charge in [0.15, 0.2) is 6.61 Å². The summed E-state index contributed by atoms with van der Waals surface area (Å²) >= 11 is 5.77. The zero-order chi connectivity index (χ0) is 19.1. The molecule has 144 valence electrons. The van der Waals surface area contributed by atoms with Gasteiger partial charge in [-0.2, -0.15) is 0 Å². The number of aromatic nitrogens is 2. The lowest BCUT2D eigenvalue weighted by Crippen LogP contribution is -2.38. The normalized spacial score (nSPS) is 19.9. The molecular weight excluding hydrogens is 375 g/mol. The van der Waals surface area contributed by atoms with Gasteiger partial charge in [0.2, 0.25) is 0 Å². The van der Waals surface area contributed by atoms with E-state index >= 15 is 0 Å². The van der Waals surface area contributed by atoms with Crippen LogP contribution in [-0.2, 0) is 9.53 Å². The molecule has 9 heteroatoms. The van der Waals surface area contributed by atoms with Crippen LogP contribution in [0.15, 0.2) is 36.7 Å². The van der Waals surface area contributed by atoms with Crippen LogP contribution in [0.2, 0.25) is 5.02 Å². The summed E-state index contributed by atoms with van der Waals surface area (Å²) in [7, 11) is 0. The van der Waals surface area contributed by atoms with Crippen molar-refractivity contribution in [2.75, 3.05) is 32.8 Å². The molecule has 0 bridgehead atoms. The van der Waals surface area contributed by atoms with E-state index in [1.54, 1.807) is 12.1 Å². The van der Waals surface area contributed by atoms with Crippen LogP contribution in [0.25, 0.3) is 0 Å². The van der Waals surface area contributed by atoms with Gasteiger partial charge < -0.3 is 20.1 Å². The first kappa shape index (κ1) is 19.5. The van der Waals surface area contributed by atoms with E-state index < -0.39 is 5.82 Å². The van der Waals surface area contributed by atoms with Crippen molar-refractivity contribution in [1.82, 2.24) is 20.6 Å². The molecule has 27 heavy (non-hydrogen) atoms. The summed E-state index contributed by atoms with van der Waals surface area (Å²) in [5, 5.41) is 6.14. The number of hydrogen-bond donors (Lipinski definition) is 2. The minimum atomic E-state index is -0.492. The summed E-state index contributed by atoms with van der Waals surface area (Å²) in [6.07, 6.45) is 2.71. The van der Waals surface area contributed by atoms with Crippen molar-refractivity contribution in [3.8, 4) is 6.01 Å². The molecular formula is C18H20ClFN4O3. The standard InChI is InChI=1S/C18H20ClFN4O3/c19-14-3-2-12(8-15(14)20)17-13(9-21-6-7-26-17)10-24-16(25)11-27-18-22-4-1-5-23-18/h1-5,8,13,17,21H,6-7,9-11H2,(H,24,25). The van der Waals surface area contributed by atoms with Gasteiger partial charge in [-0.3, -0.25) is 4.79 Å². The van der Waals surface area contributed by atoms with Crippen molar-refractivity contribution >= 4 is 17.5 Å². The summed E-state index contributed by atoms with van der Waals surface area (Å²) < 4.78 is 24.9. The molecule has 2 heterocycles. The van der Waals surface area contributed by atoms with Gasteiger partial charge in [-0.25, -0.2) is 14.4 Å². The number of halogens is 2. The van der Waals surface area contributed by atoms with Gasteiger partial charge in [0.1, 0.15) is 5.82 Å². The van der Waals surface area contributed by atoms with Crippen LogP contribution < -0.4 is 15.4 Å². The lowest BCUT2D eigenvalue weighted by Gasteiger charge is -2.25. The Labute approximate surface area is 161 Å². The molecule has 3 rings (SSSR count). The van der Waals surface area contributed by atoms with Crippen LogP contribution in [0, 0.1) is 11.7 Å². The molecule has 2 atom stereocenters. The molecule has 1 aliphatic rings. The maximum atomic E-state index is 13.8. The Balaban J connectivity index is 1.58. The van der Waals surface area contributed by atoms with Gasteiger partial charge in [-0.15, -0.1) is 0 Å². The molecule has 1 saturated heterocycles. The number of nitrogens with zero attached hydrogens (tertiary/aromatic N) is 2. The second-order valence-corrected chi connectivity index (χ2v) is 6.46. The van der Waals surface area contributed by atoms with Crippen LogP contribution in [-0.4, -0.2) is 48.7 Å². The number of nitrogens with one attached hydrogen (secondary N) is 2. The smallest absolute Gasteiger partial charge is 0.316 e. The van der Waals surface area contributed by atoms with Gasteiger partial charge in [0, 0.05) is 37.9 Å². The summed E-state index contributed by atoms with van der Waals surface area (Å²) in [6, 6.07) is 6.43. The fourth-order valence-corrected chi connectivity index (χ4v) is 2.93. The number of ether oxygens (including phenoxy) is 2. The topological polar surface area (TPSA) is 85.4 Å². The van der Waals surface area contributed by atoms with E-state index in [0.717, 1.165) is 0 Å². The van der Waals surface area contributed by atoms with E-state index in [2.05, 4.69) is 20.6 Å². The third kappa shape index (κ3) is 5.59. The lowest BCUT2D eigenvalue weighted by atomic mass is 9.95. The fraction of sp³-hybridized carbons (Fsp3) is 0.389. The molecule has 2 N–H and O–H groups in total. The second kappa shape index (κ2) is 9.59. The Hall–Kier alpha value is -2.29. The molecule has 1 fully saturated rings. The van der Waals surface area contributed by atoms with Gasteiger partial charge in [0.25, 0.3) is 5.91 Å². The number of carbonyl (C=O) groups is 1. The van der Waals surface area contributed by atoms with E-state index in [4.69, 9.17) is 21.1 Å². The highest BCUT2D eigenvalue weighted by Crippen LogP contribution is 2.29. The first-order valence-corrected chi connectivity index (χ1v) is 8.95. The number of rotatable bonds is 6. The Morgan fingerprint density at radius 2 is 2.22 bits per heavy atom. The quantitative estimate of drug-likeness (QED) is 0.776. The molecule has 1 aromatic heterocycles. The van der Waals surface area contributed by atoms with Gasteiger partial charge >= 0.3 is 6.01 Å². The van der Waals surface area contributed by atoms with E-state index in [1.807, 2.05) is 0 Å². The Morgan fingerprint density at radius 1 is 1.41 bits per heavy atom. The molecule has 0 radical (unpaired) electrons. The molecule has 0 spiro atoms. The van der Waals surface area contributed by atoms with Crippen molar-refractivity contribution in [2.24, 2.45) is 5.92 Å². The number of amides is 1. The third-order valence-electron chi connectivity index (χ3n) is 4.12. The highest BCUT2D eigenvalue weighted by Gasteiger charge is 2.27. The van der Waals surface area contributed by atoms with E-state index in [9.17, 15) is 9.18 Å². The highest BCUT2D eigenvalue weighted by atomic mass is 35.5. The van der Waals surface area contributed by atoms with Gasteiger partial charge in [0.05, 0.1) is 17.7 Å². The molecule has 1 aliphatic heterocycles. The number of carbonyl (C=O) groups excluding carboxylic acids is 1. The third-order valence-corrected chi connectivity index (χ3v) is 4.43. The Morgan fingerprint density at radius 3 is 3.00 bits per heavy atom. The van der Waals surface area contributed by atoms with E-state index in [0.29, 0.717) is 31.8 Å². The summed E-state index contributed by atoms with van der Waals surface area (Å²) in [4.78, 5) is 19.8. The SMILES string of the molecule is O=C(COc1ncccn1)NCC1CNCCOC1c1ccc(Cl)c(F)c1. The molecule has 7 nitrogen and oxygen atoms in total. The number of hydrogen-bond acceptors (Lipinski definition) is 6. The first-order valence-electron chi connectivity index (χ1n) is 8.57. The van der Waals surface area contributed by atoms with Crippen LogP contribution in [0.3, 0.4) is 0 Å². The minimum absolute atomic E-state index is 0.0654. The zero-order valence-corrected chi connectivity index (χ0v) is 15.3. The first-order chi connectivity index (χ1) is 13.1. The van der Waals surface area contributed by atoms with E-state index in [-0.39, 0.29) is 35.6 Å². The predicted octanol–water partition coefficient (Wildman–Crippen LogP) is 1.74. The van der Waals surface area contributed by atoms with Crippen molar-refractivity contribution in [3.63, 3.8) is 0 Å². The van der Waals surface area contributed by atoms with Crippen molar-refractivity contribution < 1.29 is 18.7 Å². The number of benzene rings is 1. The maximum Gasteiger partial charge on any atom is 0.316 e. The maximum absolute atomic E-state index is 13.8. The molecule has 2 aromatic rings. The average Bonchev–Trinajstić information content (AvgIpc) is 2.93. The van der Waals surface area contributed by atoms with Crippen LogP contribution in [0.1, 0.15) is 11.7 Å². The van der Waals surface area contributed by atoms with Crippen molar-refractivity contribution in [2.45, 2.75) is 6.10 Å². The highest BCUT2D eigenvalue weighted by molar-refractivity contribution is 6.30. The predicted molar refractivity (Wildman–Crippen MR) is 97.0 cm³/mol. The Kier molecular flexibility index (Phi) is 6.92. The lowest BCUT2D eigenvalue weighted by molar-refractivity contribution is -0.123.